The van der Waals surface area contributed by atoms with Gasteiger partial charge in [0.25, 0.3) is 0 Å². The number of thiazole rings is 1. The van der Waals surface area contributed by atoms with Gasteiger partial charge in [-0.2, -0.15) is 0 Å². The Bertz CT molecular complexity index is 682. The molecule has 21 heavy (non-hydrogen) atoms. The number of rotatable bonds is 5. The summed E-state index contributed by atoms with van der Waals surface area (Å²) in [6.45, 7) is 0. The van der Waals surface area contributed by atoms with Crippen LogP contribution in [0.4, 0.5) is 0 Å². The van der Waals surface area contributed by atoms with Crippen molar-refractivity contribution in [3.05, 3.63) is 82.1 Å². The largest absolute Gasteiger partial charge is 0.388 e. The van der Waals surface area contributed by atoms with Gasteiger partial charge in [0.2, 0.25) is 0 Å². The lowest BCUT2D eigenvalue weighted by Gasteiger charge is -2.08. The van der Waals surface area contributed by atoms with Gasteiger partial charge >= 0.3 is 0 Å². The predicted octanol–water partition coefficient (Wildman–Crippen LogP) is 3.41. The maximum Gasteiger partial charge on any atom is 0.0972 e. The lowest BCUT2D eigenvalue weighted by Crippen LogP contribution is -2.02. The van der Waals surface area contributed by atoms with Gasteiger partial charge in [-0.15, -0.1) is 11.3 Å². The van der Waals surface area contributed by atoms with E-state index in [1.54, 1.807) is 17.5 Å². The number of benzene rings is 1. The molecule has 1 atom stereocenters. The van der Waals surface area contributed by atoms with E-state index in [0.29, 0.717) is 6.42 Å². The number of nitrogens with zero attached hydrogens (tertiary/aromatic N) is 2. The van der Waals surface area contributed by atoms with Crippen LogP contribution in [0.5, 0.6) is 0 Å². The van der Waals surface area contributed by atoms with Crippen molar-refractivity contribution in [3.63, 3.8) is 0 Å². The molecule has 0 aliphatic carbocycles. The summed E-state index contributed by atoms with van der Waals surface area (Å²) in [5, 5.41) is 13.3. The monoisotopic (exact) mass is 296 g/mol. The molecule has 0 saturated heterocycles. The van der Waals surface area contributed by atoms with Gasteiger partial charge in [0.1, 0.15) is 0 Å². The van der Waals surface area contributed by atoms with Gasteiger partial charge in [-0.05, 0) is 17.2 Å². The molecule has 3 nitrogen and oxygen atoms in total. The Morgan fingerprint density at radius 2 is 1.95 bits per heavy atom. The number of aliphatic hydroxyl groups is 1. The van der Waals surface area contributed by atoms with Gasteiger partial charge in [-0.25, -0.2) is 4.98 Å². The third-order valence-electron chi connectivity index (χ3n) is 3.26. The van der Waals surface area contributed by atoms with Crippen LogP contribution in [0, 0.1) is 0 Å². The van der Waals surface area contributed by atoms with E-state index < -0.39 is 6.10 Å². The molecule has 0 radical (unpaired) electrons. The quantitative estimate of drug-likeness (QED) is 0.785. The molecule has 3 aromatic rings. The van der Waals surface area contributed by atoms with Crippen molar-refractivity contribution in [2.75, 3.05) is 0 Å². The van der Waals surface area contributed by atoms with Crippen LogP contribution in [-0.4, -0.2) is 15.1 Å². The smallest absolute Gasteiger partial charge is 0.0972 e. The van der Waals surface area contributed by atoms with Crippen molar-refractivity contribution in [3.8, 4) is 0 Å². The second-order valence-electron chi connectivity index (χ2n) is 4.90. The fourth-order valence-electron chi connectivity index (χ4n) is 2.19. The number of aromatic nitrogens is 2. The van der Waals surface area contributed by atoms with Crippen LogP contribution in [0.25, 0.3) is 0 Å². The molecule has 1 aromatic carbocycles. The average Bonchev–Trinajstić information content (AvgIpc) is 2.96. The van der Waals surface area contributed by atoms with Crippen molar-refractivity contribution in [1.29, 1.82) is 0 Å². The first kappa shape index (κ1) is 13.9. The van der Waals surface area contributed by atoms with Crippen molar-refractivity contribution in [1.82, 2.24) is 9.97 Å². The Kier molecular flexibility index (Phi) is 4.38. The Hall–Kier alpha value is -2.04. The third-order valence-corrected chi connectivity index (χ3v) is 4.16. The molecule has 3 rings (SSSR count). The summed E-state index contributed by atoms with van der Waals surface area (Å²) < 4.78 is 0. The molecule has 0 bridgehead atoms. The molecular formula is C17H16N2OS. The lowest BCUT2D eigenvalue weighted by molar-refractivity contribution is 0.177. The van der Waals surface area contributed by atoms with Crippen LogP contribution >= 0.6 is 11.3 Å². The minimum absolute atomic E-state index is 0.500. The molecule has 0 spiro atoms. The standard InChI is InChI=1S/C17H16N2OS/c20-16(14-6-2-1-3-7-14)10-15-12-21-17(19-15)9-13-5-4-8-18-11-13/h1-8,11-12,16,20H,9-10H2. The maximum absolute atomic E-state index is 10.2. The highest BCUT2D eigenvalue weighted by atomic mass is 32.1. The molecule has 1 unspecified atom stereocenters. The van der Waals surface area contributed by atoms with E-state index >= 15 is 0 Å². The molecular weight excluding hydrogens is 280 g/mol. The first-order chi connectivity index (χ1) is 10.3. The van der Waals surface area contributed by atoms with E-state index in [0.717, 1.165) is 28.2 Å². The highest BCUT2D eigenvalue weighted by Gasteiger charge is 2.11. The van der Waals surface area contributed by atoms with E-state index in [1.165, 1.54) is 0 Å². The molecule has 2 heterocycles. The summed E-state index contributed by atoms with van der Waals surface area (Å²) in [5.74, 6) is 0. The van der Waals surface area contributed by atoms with Crippen LogP contribution < -0.4 is 0 Å². The summed E-state index contributed by atoms with van der Waals surface area (Å²) in [7, 11) is 0. The Morgan fingerprint density at radius 1 is 1.10 bits per heavy atom. The number of hydrogen-bond acceptors (Lipinski definition) is 4. The maximum atomic E-state index is 10.2. The molecule has 0 aliphatic rings. The predicted molar refractivity (Wildman–Crippen MR) is 84.3 cm³/mol. The van der Waals surface area contributed by atoms with E-state index in [1.807, 2.05) is 54.0 Å². The van der Waals surface area contributed by atoms with Crippen LogP contribution in [0.2, 0.25) is 0 Å². The molecule has 1 N–H and O–H groups in total. The molecule has 0 amide bonds. The van der Waals surface area contributed by atoms with Crippen LogP contribution in [0.3, 0.4) is 0 Å². The zero-order valence-electron chi connectivity index (χ0n) is 11.5. The minimum atomic E-state index is -0.500. The van der Waals surface area contributed by atoms with Crippen molar-refractivity contribution >= 4 is 11.3 Å². The van der Waals surface area contributed by atoms with Crippen LogP contribution in [0.1, 0.15) is 27.9 Å². The van der Waals surface area contributed by atoms with Gasteiger partial charge in [0.15, 0.2) is 0 Å². The second-order valence-corrected chi connectivity index (χ2v) is 5.84. The van der Waals surface area contributed by atoms with Gasteiger partial charge in [0, 0.05) is 30.6 Å². The first-order valence-corrected chi connectivity index (χ1v) is 7.74. The molecule has 0 aliphatic heterocycles. The van der Waals surface area contributed by atoms with E-state index in [-0.39, 0.29) is 0 Å². The Morgan fingerprint density at radius 3 is 2.71 bits per heavy atom. The number of hydrogen-bond donors (Lipinski definition) is 1. The second kappa shape index (κ2) is 6.61. The average molecular weight is 296 g/mol. The molecule has 4 heteroatoms. The van der Waals surface area contributed by atoms with Gasteiger partial charge < -0.3 is 5.11 Å². The summed E-state index contributed by atoms with van der Waals surface area (Å²) >= 11 is 1.63. The van der Waals surface area contributed by atoms with Gasteiger partial charge in [-0.3, -0.25) is 4.98 Å². The van der Waals surface area contributed by atoms with Crippen LogP contribution in [-0.2, 0) is 12.8 Å². The molecule has 106 valence electrons. The van der Waals surface area contributed by atoms with Crippen LogP contribution in [0.15, 0.2) is 60.2 Å². The number of aliphatic hydroxyl groups excluding tert-OH is 1. The zero-order chi connectivity index (χ0) is 14.5. The summed E-state index contributed by atoms with van der Waals surface area (Å²) in [5.41, 5.74) is 3.02. The Balaban J connectivity index is 1.65. The third kappa shape index (κ3) is 3.74. The van der Waals surface area contributed by atoms with E-state index in [9.17, 15) is 5.11 Å². The SMILES string of the molecule is OC(Cc1csc(Cc2cccnc2)n1)c1ccccc1. The van der Waals surface area contributed by atoms with Crippen molar-refractivity contribution in [2.24, 2.45) is 0 Å². The first-order valence-electron chi connectivity index (χ1n) is 6.86. The van der Waals surface area contributed by atoms with E-state index in [2.05, 4.69) is 9.97 Å². The highest BCUT2D eigenvalue weighted by molar-refractivity contribution is 7.09. The van der Waals surface area contributed by atoms with Crippen molar-refractivity contribution < 1.29 is 5.11 Å². The number of pyridine rings is 1. The topological polar surface area (TPSA) is 46.0 Å². The lowest BCUT2D eigenvalue weighted by atomic mass is 10.1. The molecule has 2 aromatic heterocycles. The fraction of sp³-hybridized carbons (Fsp3) is 0.176. The van der Waals surface area contributed by atoms with Crippen molar-refractivity contribution in [2.45, 2.75) is 18.9 Å². The zero-order valence-corrected chi connectivity index (χ0v) is 12.3. The highest BCUT2D eigenvalue weighted by Crippen LogP contribution is 2.20. The summed E-state index contributed by atoms with van der Waals surface area (Å²) in [6.07, 6.45) is 4.47. The minimum Gasteiger partial charge on any atom is -0.388 e. The Labute approximate surface area is 128 Å². The van der Waals surface area contributed by atoms with E-state index in [4.69, 9.17) is 0 Å². The molecule has 0 saturated carbocycles. The fourth-order valence-corrected chi connectivity index (χ4v) is 3.03. The normalized spacial score (nSPS) is 12.2. The summed E-state index contributed by atoms with van der Waals surface area (Å²) in [4.78, 5) is 8.71. The van der Waals surface area contributed by atoms with Gasteiger partial charge in [-0.1, -0.05) is 36.4 Å². The summed E-state index contributed by atoms with van der Waals surface area (Å²) in [6, 6.07) is 13.7. The van der Waals surface area contributed by atoms with Gasteiger partial charge in [0.05, 0.1) is 16.8 Å². The molecule has 0 fully saturated rings.